The minimum atomic E-state index is -0.367. The van der Waals surface area contributed by atoms with Gasteiger partial charge in [0.1, 0.15) is 0 Å². The first-order valence-electron chi connectivity index (χ1n) is 5.78. The number of benzene rings is 1. The molecule has 1 aromatic heterocycles. The lowest BCUT2D eigenvalue weighted by Crippen LogP contribution is -2.29. The SMILES string of the molecule is O=C(c1ccc2cc[nH]c2c1)N1CCC(O)C1. The van der Waals surface area contributed by atoms with Crippen LogP contribution in [0.5, 0.6) is 0 Å². The highest BCUT2D eigenvalue weighted by molar-refractivity contribution is 5.98. The zero-order valence-corrected chi connectivity index (χ0v) is 9.39. The molecule has 1 saturated heterocycles. The molecule has 3 rings (SSSR count). The molecule has 17 heavy (non-hydrogen) atoms. The maximum atomic E-state index is 12.2. The van der Waals surface area contributed by atoms with Gasteiger partial charge in [-0.25, -0.2) is 0 Å². The zero-order chi connectivity index (χ0) is 11.8. The molecule has 2 aromatic rings. The molecule has 1 aliphatic rings. The summed E-state index contributed by atoms with van der Waals surface area (Å²) in [6.07, 6.45) is 2.17. The van der Waals surface area contributed by atoms with E-state index < -0.39 is 0 Å². The van der Waals surface area contributed by atoms with E-state index in [1.807, 2.05) is 30.5 Å². The van der Waals surface area contributed by atoms with Crippen molar-refractivity contribution in [2.24, 2.45) is 0 Å². The third kappa shape index (κ3) is 1.80. The molecule has 1 unspecified atom stereocenters. The predicted molar refractivity (Wildman–Crippen MR) is 64.8 cm³/mol. The summed E-state index contributed by atoms with van der Waals surface area (Å²) < 4.78 is 0. The van der Waals surface area contributed by atoms with Crippen LogP contribution in [0.1, 0.15) is 16.8 Å². The second kappa shape index (κ2) is 3.89. The number of rotatable bonds is 1. The number of H-pyrrole nitrogens is 1. The van der Waals surface area contributed by atoms with E-state index in [1.54, 1.807) is 4.90 Å². The lowest BCUT2D eigenvalue weighted by Gasteiger charge is -2.15. The second-order valence-corrected chi connectivity index (χ2v) is 4.47. The fourth-order valence-electron chi connectivity index (χ4n) is 2.29. The summed E-state index contributed by atoms with van der Waals surface area (Å²) >= 11 is 0. The Morgan fingerprint density at radius 3 is 3.06 bits per heavy atom. The molecule has 88 valence electrons. The van der Waals surface area contributed by atoms with Crippen molar-refractivity contribution in [2.75, 3.05) is 13.1 Å². The van der Waals surface area contributed by atoms with E-state index in [4.69, 9.17) is 0 Å². The number of hydrogen-bond donors (Lipinski definition) is 2. The summed E-state index contributed by atoms with van der Waals surface area (Å²) in [5.41, 5.74) is 1.64. The number of aromatic amines is 1. The van der Waals surface area contributed by atoms with Crippen molar-refractivity contribution in [1.82, 2.24) is 9.88 Å². The normalized spacial score (nSPS) is 20.1. The van der Waals surface area contributed by atoms with Gasteiger partial charge >= 0.3 is 0 Å². The van der Waals surface area contributed by atoms with E-state index in [9.17, 15) is 9.90 Å². The van der Waals surface area contributed by atoms with E-state index >= 15 is 0 Å². The Morgan fingerprint density at radius 1 is 1.41 bits per heavy atom. The fraction of sp³-hybridized carbons (Fsp3) is 0.308. The van der Waals surface area contributed by atoms with Gasteiger partial charge in [0, 0.05) is 30.4 Å². The summed E-state index contributed by atoms with van der Waals surface area (Å²) in [6.45, 7) is 1.09. The third-order valence-electron chi connectivity index (χ3n) is 3.25. The average molecular weight is 230 g/mol. The van der Waals surface area contributed by atoms with Gasteiger partial charge in [-0.05, 0) is 30.0 Å². The Hall–Kier alpha value is -1.81. The standard InChI is InChI=1S/C13H14N2O2/c16-11-4-6-15(8-11)13(17)10-2-1-9-3-5-14-12(9)7-10/h1-3,5,7,11,14,16H,4,6,8H2. The van der Waals surface area contributed by atoms with E-state index in [0.29, 0.717) is 25.1 Å². The van der Waals surface area contributed by atoms with Crippen molar-refractivity contribution in [3.8, 4) is 0 Å². The summed E-state index contributed by atoms with van der Waals surface area (Å²) in [5, 5.41) is 10.5. The van der Waals surface area contributed by atoms with Gasteiger partial charge in [0.15, 0.2) is 0 Å². The minimum absolute atomic E-state index is 0.00181. The quantitative estimate of drug-likeness (QED) is 0.777. The number of aliphatic hydroxyl groups is 1. The molecule has 1 atom stereocenters. The van der Waals surface area contributed by atoms with Crippen molar-refractivity contribution >= 4 is 16.8 Å². The van der Waals surface area contributed by atoms with Crippen LogP contribution in [0.4, 0.5) is 0 Å². The number of β-amino-alcohol motifs (C(OH)–C–C–N with tert-alkyl or cyclic N) is 1. The van der Waals surface area contributed by atoms with Gasteiger partial charge < -0.3 is 15.0 Å². The van der Waals surface area contributed by atoms with Gasteiger partial charge in [0.05, 0.1) is 6.10 Å². The van der Waals surface area contributed by atoms with Crippen LogP contribution in [-0.2, 0) is 0 Å². The van der Waals surface area contributed by atoms with Crippen molar-refractivity contribution in [3.63, 3.8) is 0 Å². The first-order chi connectivity index (χ1) is 8.24. The lowest BCUT2D eigenvalue weighted by atomic mass is 10.1. The molecule has 0 spiro atoms. The number of likely N-dealkylation sites (tertiary alicyclic amines) is 1. The number of hydrogen-bond acceptors (Lipinski definition) is 2. The minimum Gasteiger partial charge on any atom is -0.391 e. The van der Waals surface area contributed by atoms with Crippen LogP contribution in [0.2, 0.25) is 0 Å². The van der Waals surface area contributed by atoms with E-state index in [-0.39, 0.29) is 12.0 Å². The number of nitrogens with zero attached hydrogens (tertiary/aromatic N) is 1. The molecular formula is C13H14N2O2. The smallest absolute Gasteiger partial charge is 0.254 e. The van der Waals surface area contributed by atoms with Crippen LogP contribution in [-0.4, -0.2) is 40.1 Å². The summed E-state index contributed by atoms with van der Waals surface area (Å²) in [5.74, 6) is -0.00181. The van der Waals surface area contributed by atoms with Gasteiger partial charge in [0.2, 0.25) is 0 Å². The van der Waals surface area contributed by atoms with E-state index in [1.165, 1.54) is 0 Å². The Bertz CT molecular complexity index is 561. The predicted octanol–water partition coefficient (Wildman–Crippen LogP) is 1.37. The molecule has 1 fully saturated rings. The maximum absolute atomic E-state index is 12.2. The third-order valence-corrected chi connectivity index (χ3v) is 3.25. The number of amides is 1. The zero-order valence-electron chi connectivity index (χ0n) is 9.39. The number of carbonyl (C=O) groups excluding carboxylic acids is 1. The molecule has 0 saturated carbocycles. The van der Waals surface area contributed by atoms with Crippen LogP contribution in [0.25, 0.3) is 10.9 Å². The molecule has 0 radical (unpaired) electrons. The molecule has 2 heterocycles. The van der Waals surface area contributed by atoms with Gasteiger partial charge in [-0.3, -0.25) is 4.79 Å². The molecule has 4 nitrogen and oxygen atoms in total. The van der Waals surface area contributed by atoms with Crippen LogP contribution < -0.4 is 0 Å². The second-order valence-electron chi connectivity index (χ2n) is 4.47. The molecule has 2 N–H and O–H groups in total. The molecular weight excluding hydrogens is 216 g/mol. The molecule has 1 aromatic carbocycles. The molecule has 1 aliphatic heterocycles. The average Bonchev–Trinajstić information content (AvgIpc) is 2.95. The highest BCUT2D eigenvalue weighted by atomic mass is 16.3. The number of aromatic nitrogens is 1. The summed E-state index contributed by atoms with van der Waals surface area (Å²) in [4.78, 5) is 17.0. The molecule has 4 heteroatoms. The fourth-order valence-corrected chi connectivity index (χ4v) is 2.29. The molecule has 1 amide bonds. The first kappa shape index (κ1) is 10.4. The number of aliphatic hydroxyl groups excluding tert-OH is 1. The van der Waals surface area contributed by atoms with Crippen LogP contribution in [0.15, 0.2) is 30.5 Å². The van der Waals surface area contributed by atoms with Crippen molar-refractivity contribution in [1.29, 1.82) is 0 Å². The van der Waals surface area contributed by atoms with E-state index in [2.05, 4.69) is 4.98 Å². The lowest BCUT2D eigenvalue weighted by molar-refractivity contribution is 0.0765. The van der Waals surface area contributed by atoms with Crippen molar-refractivity contribution in [3.05, 3.63) is 36.0 Å². The number of carbonyl (C=O) groups is 1. The van der Waals surface area contributed by atoms with Gasteiger partial charge in [-0.15, -0.1) is 0 Å². The van der Waals surface area contributed by atoms with Crippen LogP contribution in [0.3, 0.4) is 0 Å². The largest absolute Gasteiger partial charge is 0.391 e. The Labute approximate surface area is 98.9 Å². The van der Waals surface area contributed by atoms with Crippen LogP contribution >= 0.6 is 0 Å². The Morgan fingerprint density at radius 2 is 2.29 bits per heavy atom. The van der Waals surface area contributed by atoms with Crippen molar-refractivity contribution in [2.45, 2.75) is 12.5 Å². The number of nitrogens with one attached hydrogen (secondary N) is 1. The first-order valence-corrected chi connectivity index (χ1v) is 5.78. The monoisotopic (exact) mass is 230 g/mol. The van der Waals surface area contributed by atoms with Gasteiger partial charge in [0.25, 0.3) is 5.91 Å². The maximum Gasteiger partial charge on any atom is 0.254 e. The van der Waals surface area contributed by atoms with Gasteiger partial charge in [-0.2, -0.15) is 0 Å². The number of fused-ring (bicyclic) bond motifs is 1. The Balaban J connectivity index is 1.89. The molecule has 0 aliphatic carbocycles. The summed E-state index contributed by atoms with van der Waals surface area (Å²) in [7, 11) is 0. The topological polar surface area (TPSA) is 56.3 Å². The Kier molecular flexibility index (Phi) is 2.37. The van der Waals surface area contributed by atoms with E-state index in [0.717, 1.165) is 10.9 Å². The highest BCUT2D eigenvalue weighted by Crippen LogP contribution is 2.18. The van der Waals surface area contributed by atoms with Crippen LogP contribution in [0, 0.1) is 0 Å². The highest BCUT2D eigenvalue weighted by Gasteiger charge is 2.25. The van der Waals surface area contributed by atoms with Gasteiger partial charge in [-0.1, -0.05) is 6.07 Å². The summed E-state index contributed by atoms with van der Waals surface area (Å²) in [6, 6.07) is 7.61. The van der Waals surface area contributed by atoms with Crippen molar-refractivity contribution < 1.29 is 9.90 Å². The molecule has 0 bridgehead atoms.